The van der Waals surface area contributed by atoms with Gasteiger partial charge >= 0.3 is 6.18 Å². The number of ketones is 1. The number of halogens is 3. The Bertz CT molecular complexity index is 187. The molecule has 0 aliphatic carbocycles. The van der Waals surface area contributed by atoms with E-state index in [0.29, 0.717) is 12.8 Å². The molecule has 0 spiro atoms. The Morgan fingerprint density at radius 1 is 1.13 bits per heavy atom. The SMILES string of the molecule is CCCCCCC(CC)C(=O)C(F)(F)F. The zero-order valence-electron chi connectivity index (χ0n) is 9.36. The van der Waals surface area contributed by atoms with Crippen LogP contribution in [0.4, 0.5) is 13.2 Å². The smallest absolute Gasteiger partial charge is 0.289 e. The van der Waals surface area contributed by atoms with Crippen LogP contribution in [0.3, 0.4) is 0 Å². The van der Waals surface area contributed by atoms with Crippen LogP contribution in [0.2, 0.25) is 0 Å². The summed E-state index contributed by atoms with van der Waals surface area (Å²) in [4.78, 5) is 10.9. The lowest BCUT2D eigenvalue weighted by atomic mass is 9.94. The van der Waals surface area contributed by atoms with E-state index < -0.39 is 17.9 Å². The van der Waals surface area contributed by atoms with Gasteiger partial charge in [-0.25, -0.2) is 0 Å². The quantitative estimate of drug-likeness (QED) is 0.594. The maximum Gasteiger partial charge on any atom is 0.450 e. The number of unbranched alkanes of at least 4 members (excludes halogenated alkanes) is 3. The third-order valence-corrected chi connectivity index (χ3v) is 2.55. The number of alkyl halides is 3. The number of rotatable bonds is 7. The summed E-state index contributed by atoms with van der Waals surface area (Å²) in [5.74, 6) is -2.39. The summed E-state index contributed by atoms with van der Waals surface area (Å²) >= 11 is 0. The summed E-state index contributed by atoms with van der Waals surface area (Å²) in [5, 5.41) is 0. The van der Waals surface area contributed by atoms with E-state index in [9.17, 15) is 18.0 Å². The van der Waals surface area contributed by atoms with Crippen LogP contribution in [0, 0.1) is 5.92 Å². The van der Waals surface area contributed by atoms with Crippen molar-refractivity contribution in [1.82, 2.24) is 0 Å². The molecule has 0 aromatic heterocycles. The molecule has 0 fully saturated rings. The minimum Gasteiger partial charge on any atom is -0.289 e. The van der Waals surface area contributed by atoms with Crippen LogP contribution in [-0.4, -0.2) is 12.0 Å². The number of carbonyl (C=O) groups excluding carboxylic acids is 1. The normalized spacial score (nSPS) is 13.9. The fourth-order valence-corrected chi connectivity index (χ4v) is 1.57. The molecule has 0 aliphatic heterocycles. The Balaban J connectivity index is 3.97. The average Bonchev–Trinajstić information content (AvgIpc) is 2.16. The Morgan fingerprint density at radius 3 is 2.13 bits per heavy atom. The van der Waals surface area contributed by atoms with Gasteiger partial charge in [0.05, 0.1) is 0 Å². The van der Waals surface area contributed by atoms with Gasteiger partial charge in [-0.1, -0.05) is 39.5 Å². The third-order valence-electron chi connectivity index (χ3n) is 2.55. The first kappa shape index (κ1) is 14.5. The fraction of sp³-hybridized carbons (Fsp3) is 0.909. The molecule has 0 N–H and O–H groups in total. The van der Waals surface area contributed by atoms with Gasteiger partial charge in [0.2, 0.25) is 5.78 Å². The lowest BCUT2D eigenvalue weighted by molar-refractivity contribution is -0.176. The van der Waals surface area contributed by atoms with Gasteiger partial charge in [-0.2, -0.15) is 13.2 Å². The lowest BCUT2D eigenvalue weighted by Crippen LogP contribution is -2.30. The van der Waals surface area contributed by atoms with E-state index in [1.807, 2.05) is 6.92 Å². The fourth-order valence-electron chi connectivity index (χ4n) is 1.57. The standard InChI is InChI=1S/C11H19F3O/c1-3-5-6-7-8-9(4-2)10(15)11(12,13)14/h9H,3-8H2,1-2H3. The molecular weight excluding hydrogens is 205 g/mol. The van der Waals surface area contributed by atoms with Crippen molar-refractivity contribution in [3.05, 3.63) is 0 Å². The van der Waals surface area contributed by atoms with Crippen LogP contribution in [0.1, 0.15) is 52.4 Å². The zero-order chi connectivity index (χ0) is 11.9. The maximum absolute atomic E-state index is 12.1. The van der Waals surface area contributed by atoms with E-state index in [1.165, 1.54) is 0 Å². The van der Waals surface area contributed by atoms with Gasteiger partial charge in [0.15, 0.2) is 0 Å². The summed E-state index contributed by atoms with van der Waals surface area (Å²) in [6.07, 6.45) is -0.308. The van der Waals surface area contributed by atoms with Crippen molar-refractivity contribution >= 4 is 5.78 Å². The largest absolute Gasteiger partial charge is 0.450 e. The molecule has 1 nitrogen and oxygen atoms in total. The van der Waals surface area contributed by atoms with Crippen molar-refractivity contribution < 1.29 is 18.0 Å². The molecule has 0 aliphatic rings. The molecule has 1 unspecified atom stereocenters. The Morgan fingerprint density at radius 2 is 1.73 bits per heavy atom. The number of hydrogen-bond donors (Lipinski definition) is 0. The highest BCUT2D eigenvalue weighted by Gasteiger charge is 2.41. The molecule has 0 saturated heterocycles. The van der Waals surface area contributed by atoms with Gasteiger partial charge in [0.25, 0.3) is 0 Å². The molecule has 0 saturated carbocycles. The molecule has 0 bridgehead atoms. The number of hydrogen-bond acceptors (Lipinski definition) is 1. The first-order valence-electron chi connectivity index (χ1n) is 5.54. The van der Waals surface area contributed by atoms with Crippen molar-refractivity contribution in [3.63, 3.8) is 0 Å². The highest BCUT2D eigenvalue weighted by atomic mass is 19.4. The molecule has 90 valence electrons. The number of carbonyl (C=O) groups is 1. The number of Topliss-reactive ketones (excluding diaryl/α,β-unsaturated/α-hetero) is 1. The molecule has 0 amide bonds. The van der Waals surface area contributed by atoms with Crippen LogP contribution in [0.25, 0.3) is 0 Å². The van der Waals surface area contributed by atoms with Crippen molar-refractivity contribution in [2.24, 2.45) is 5.92 Å². The first-order valence-corrected chi connectivity index (χ1v) is 5.54. The third kappa shape index (κ3) is 5.80. The van der Waals surface area contributed by atoms with Gasteiger partial charge in [0.1, 0.15) is 0 Å². The molecular formula is C11H19F3O. The van der Waals surface area contributed by atoms with E-state index >= 15 is 0 Å². The molecule has 15 heavy (non-hydrogen) atoms. The van der Waals surface area contributed by atoms with Gasteiger partial charge in [-0.3, -0.25) is 4.79 Å². The van der Waals surface area contributed by atoms with Gasteiger partial charge < -0.3 is 0 Å². The summed E-state index contributed by atoms with van der Waals surface area (Å²) in [5.41, 5.74) is 0. The van der Waals surface area contributed by atoms with Crippen molar-refractivity contribution in [2.45, 2.75) is 58.5 Å². The topological polar surface area (TPSA) is 17.1 Å². The van der Waals surface area contributed by atoms with E-state index in [4.69, 9.17) is 0 Å². The van der Waals surface area contributed by atoms with Crippen LogP contribution in [-0.2, 0) is 4.79 Å². The van der Waals surface area contributed by atoms with E-state index in [2.05, 4.69) is 0 Å². The maximum atomic E-state index is 12.1. The van der Waals surface area contributed by atoms with E-state index in [1.54, 1.807) is 6.92 Å². The minimum atomic E-state index is -4.66. The zero-order valence-corrected chi connectivity index (χ0v) is 9.36. The highest BCUT2D eigenvalue weighted by Crippen LogP contribution is 2.26. The molecule has 0 heterocycles. The van der Waals surface area contributed by atoms with E-state index in [-0.39, 0.29) is 6.42 Å². The molecule has 0 radical (unpaired) electrons. The summed E-state index contributed by atoms with van der Waals surface area (Å²) < 4.78 is 36.3. The highest BCUT2D eigenvalue weighted by molar-refractivity contribution is 5.86. The van der Waals surface area contributed by atoms with Gasteiger partial charge in [-0.05, 0) is 12.8 Å². The Hall–Kier alpha value is -0.540. The molecule has 0 aromatic rings. The van der Waals surface area contributed by atoms with Crippen molar-refractivity contribution in [2.75, 3.05) is 0 Å². The first-order chi connectivity index (χ1) is 6.93. The van der Waals surface area contributed by atoms with Crippen LogP contribution in [0.5, 0.6) is 0 Å². The molecule has 0 aromatic carbocycles. The van der Waals surface area contributed by atoms with Crippen molar-refractivity contribution in [1.29, 1.82) is 0 Å². The second kappa shape index (κ2) is 6.85. The summed E-state index contributed by atoms with van der Waals surface area (Å²) in [6, 6.07) is 0. The van der Waals surface area contributed by atoms with Gasteiger partial charge in [-0.15, -0.1) is 0 Å². The van der Waals surface area contributed by atoms with E-state index in [0.717, 1.165) is 19.3 Å². The molecule has 0 rings (SSSR count). The molecule has 4 heteroatoms. The van der Waals surface area contributed by atoms with Crippen molar-refractivity contribution in [3.8, 4) is 0 Å². The minimum absolute atomic E-state index is 0.282. The predicted molar refractivity (Wildman–Crippen MR) is 53.6 cm³/mol. The second-order valence-electron chi connectivity index (χ2n) is 3.82. The summed E-state index contributed by atoms with van der Waals surface area (Å²) in [7, 11) is 0. The second-order valence-corrected chi connectivity index (χ2v) is 3.82. The summed E-state index contributed by atoms with van der Waals surface area (Å²) in [6.45, 7) is 3.67. The molecule has 1 atom stereocenters. The van der Waals surface area contributed by atoms with Crippen LogP contribution >= 0.6 is 0 Å². The van der Waals surface area contributed by atoms with Crippen LogP contribution < -0.4 is 0 Å². The monoisotopic (exact) mass is 224 g/mol. The van der Waals surface area contributed by atoms with Crippen LogP contribution in [0.15, 0.2) is 0 Å². The Labute approximate surface area is 89.0 Å². The predicted octanol–water partition coefficient (Wildman–Crippen LogP) is 4.11. The lowest BCUT2D eigenvalue weighted by Gasteiger charge is -2.15. The average molecular weight is 224 g/mol. The Kier molecular flexibility index (Phi) is 6.61. The van der Waals surface area contributed by atoms with Gasteiger partial charge in [0, 0.05) is 5.92 Å².